The highest BCUT2D eigenvalue weighted by Gasteiger charge is 2.33. The molecule has 0 aliphatic heterocycles. The highest BCUT2D eigenvalue weighted by atomic mass is 35.5. The number of sulfonamides is 1. The van der Waals surface area contributed by atoms with Gasteiger partial charge in [0, 0.05) is 17.1 Å². The second-order valence-electron chi connectivity index (χ2n) is 7.70. The van der Waals surface area contributed by atoms with Gasteiger partial charge in [0.25, 0.3) is 0 Å². The number of hydrogen-bond acceptors (Lipinski definition) is 6. The maximum Gasteiger partial charge on any atom is 0.240 e. The molecule has 2 aromatic carbocycles. The van der Waals surface area contributed by atoms with Gasteiger partial charge in [-0.2, -0.15) is 0 Å². The Morgan fingerprint density at radius 1 is 1.13 bits per heavy atom. The molecule has 1 aliphatic carbocycles. The van der Waals surface area contributed by atoms with E-state index in [1.54, 1.807) is 0 Å². The van der Waals surface area contributed by atoms with E-state index in [1.165, 1.54) is 29.8 Å². The zero-order chi connectivity index (χ0) is 21.7. The maximum absolute atomic E-state index is 12.8. The van der Waals surface area contributed by atoms with Gasteiger partial charge in [-0.05, 0) is 81.2 Å². The number of rotatable bonds is 9. The molecule has 0 saturated heterocycles. The molecule has 30 heavy (non-hydrogen) atoms. The third-order valence-corrected chi connectivity index (χ3v) is 7.37. The Morgan fingerprint density at radius 2 is 1.80 bits per heavy atom. The van der Waals surface area contributed by atoms with E-state index in [9.17, 15) is 13.6 Å². The average molecular weight is 453 g/mol. The third kappa shape index (κ3) is 5.94. The standard InChI is InChI=1S/C21H27ClN3O4S/c1-24(15-3-4-16-7-9-17(22)10-8-16)21-6-2-5-20(21)23-30(28,29)19-13-11-18(12-14-19)25(26)27/h7-14,20-21,23,26H,2-6,15H2,1H3/q-1. The highest BCUT2D eigenvalue weighted by Crippen LogP contribution is 2.26. The van der Waals surface area contributed by atoms with Crippen molar-refractivity contribution in [2.75, 3.05) is 18.8 Å². The summed E-state index contributed by atoms with van der Waals surface area (Å²) in [4.78, 5) is 2.31. The van der Waals surface area contributed by atoms with Gasteiger partial charge in [0.2, 0.25) is 10.0 Å². The van der Waals surface area contributed by atoms with Crippen LogP contribution in [0.25, 0.3) is 0 Å². The summed E-state index contributed by atoms with van der Waals surface area (Å²) in [7, 11) is -1.67. The van der Waals surface area contributed by atoms with Crippen LogP contribution in [0.3, 0.4) is 0 Å². The van der Waals surface area contributed by atoms with Gasteiger partial charge in [0.05, 0.1) is 10.6 Å². The number of likely N-dealkylation sites (N-methyl/N-ethyl adjacent to an activating group) is 1. The quantitative estimate of drug-likeness (QED) is 0.562. The Hall–Kier alpha value is -1.68. The molecule has 1 saturated carbocycles. The molecule has 9 heteroatoms. The Bertz CT molecular complexity index is 920. The summed E-state index contributed by atoms with van der Waals surface area (Å²) in [6.45, 7) is 0.871. The molecule has 2 N–H and O–H groups in total. The summed E-state index contributed by atoms with van der Waals surface area (Å²) in [6, 6.07) is 13.0. The Labute approximate surface area is 182 Å². The Balaban J connectivity index is 1.56. The van der Waals surface area contributed by atoms with Crippen molar-refractivity contribution in [3.05, 3.63) is 64.3 Å². The second kappa shape index (κ2) is 10.1. The van der Waals surface area contributed by atoms with Crippen LogP contribution in [0.2, 0.25) is 5.02 Å². The lowest BCUT2D eigenvalue weighted by Crippen LogP contribution is -2.47. The molecule has 0 aromatic heterocycles. The van der Waals surface area contributed by atoms with E-state index < -0.39 is 10.0 Å². The van der Waals surface area contributed by atoms with Gasteiger partial charge in [-0.15, -0.1) is 0 Å². The second-order valence-corrected chi connectivity index (χ2v) is 9.85. The van der Waals surface area contributed by atoms with Gasteiger partial charge in [-0.1, -0.05) is 30.2 Å². The maximum atomic E-state index is 12.8. The summed E-state index contributed by atoms with van der Waals surface area (Å²) in [5.41, 5.74) is 1.22. The van der Waals surface area contributed by atoms with Crippen molar-refractivity contribution in [1.82, 2.24) is 9.62 Å². The van der Waals surface area contributed by atoms with E-state index in [0.717, 1.165) is 43.7 Å². The summed E-state index contributed by atoms with van der Waals surface area (Å²) in [5.74, 6) is 0. The minimum Gasteiger partial charge on any atom is -0.733 e. The fraction of sp³-hybridized carbons (Fsp3) is 0.429. The Kier molecular flexibility index (Phi) is 7.73. The van der Waals surface area contributed by atoms with Gasteiger partial charge in [-0.25, -0.2) is 13.1 Å². The summed E-state index contributed by atoms with van der Waals surface area (Å²) in [5, 5.41) is 20.2. The molecule has 2 atom stereocenters. The van der Waals surface area contributed by atoms with Gasteiger partial charge in [-0.3, -0.25) is 5.21 Å². The monoisotopic (exact) mass is 452 g/mol. The van der Waals surface area contributed by atoms with E-state index in [2.05, 4.69) is 9.62 Å². The lowest BCUT2D eigenvalue weighted by Gasteiger charge is -2.30. The van der Waals surface area contributed by atoms with E-state index in [4.69, 9.17) is 16.8 Å². The van der Waals surface area contributed by atoms with E-state index in [0.29, 0.717) is 0 Å². The first kappa shape index (κ1) is 23.0. The number of nitrogens with zero attached hydrogens (tertiary/aromatic N) is 2. The molecule has 0 heterocycles. The molecular formula is C21H27ClN3O4S-. The molecule has 0 spiro atoms. The van der Waals surface area contributed by atoms with E-state index in [-0.39, 0.29) is 27.9 Å². The van der Waals surface area contributed by atoms with Crippen LogP contribution in [-0.2, 0) is 16.4 Å². The molecule has 1 fully saturated rings. The first-order valence-electron chi connectivity index (χ1n) is 9.99. The van der Waals surface area contributed by atoms with Crippen molar-refractivity contribution in [3.8, 4) is 0 Å². The summed E-state index contributed by atoms with van der Waals surface area (Å²) in [6.07, 6.45) is 4.61. The fourth-order valence-corrected chi connectivity index (χ4v) is 5.41. The van der Waals surface area contributed by atoms with Crippen LogP contribution in [0.5, 0.6) is 0 Å². The summed E-state index contributed by atoms with van der Waals surface area (Å²) >= 11 is 5.93. The van der Waals surface area contributed by atoms with E-state index in [1.807, 2.05) is 31.3 Å². The predicted octanol–water partition coefficient (Wildman–Crippen LogP) is 3.80. The van der Waals surface area contributed by atoms with Crippen LogP contribution < -0.4 is 9.95 Å². The zero-order valence-corrected chi connectivity index (χ0v) is 18.4. The molecule has 1 aliphatic rings. The molecule has 164 valence electrons. The lowest BCUT2D eigenvalue weighted by atomic mass is 10.1. The number of anilines is 1. The highest BCUT2D eigenvalue weighted by molar-refractivity contribution is 7.89. The van der Waals surface area contributed by atoms with Crippen molar-refractivity contribution in [2.45, 2.75) is 49.1 Å². The smallest absolute Gasteiger partial charge is 0.240 e. The van der Waals surface area contributed by atoms with Gasteiger partial charge in [0.1, 0.15) is 0 Å². The van der Waals surface area contributed by atoms with E-state index >= 15 is 0 Å². The van der Waals surface area contributed by atoms with Crippen LogP contribution >= 0.6 is 11.6 Å². The molecule has 0 bridgehead atoms. The minimum atomic E-state index is -3.71. The number of aryl methyl sites for hydroxylation is 1. The van der Waals surface area contributed by atoms with Crippen molar-refractivity contribution >= 4 is 27.3 Å². The first-order valence-corrected chi connectivity index (χ1v) is 11.9. The van der Waals surface area contributed by atoms with Gasteiger partial charge < -0.3 is 15.3 Å². The van der Waals surface area contributed by atoms with Crippen LogP contribution in [0.1, 0.15) is 31.2 Å². The van der Waals surface area contributed by atoms with Crippen molar-refractivity contribution in [2.24, 2.45) is 0 Å². The molecule has 2 aromatic rings. The van der Waals surface area contributed by atoms with Crippen molar-refractivity contribution in [3.63, 3.8) is 0 Å². The Morgan fingerprint density at radius 3 is 2.43 bits per heavy atom. The molecule has 2 unspecified atom stereocenters. The zero-order valence-electron chi connectivity index (χ0n) is 16.9. The van der Waals surface area contributed by atoms with Crippen LogP contribution in [0.4, 0.5) is 5.69 Å². The molecule has 0 radical (unpaired) electrons. The predicted molar refractivity (Wildman–Crippen MR) is 118 cm³/mol. The molecular weight excluding hydrogens is 426 g/mol. The minimum absolute atomic E-state index is 0.0203. The van der Waals surface area contributed by atoms with Crippen molar-refractivity contribution in [1.29, 1.82) is 0 Å². The SMILES string of the molecule is CN(CCCc1ccc(Cl)cc1)C1CCCC1NS(=O)(=O)c1ccc(N([O-])O)cc1. The fourth-order valence-electron chi connectivity index (χ4n) is 3.98. The van der Waals surface area contributed by atoms with Crippen LogP contribution in [0, 0.1) is 5.21 Å². The van der Waals surface area contributed by atoms with Gasteiger partial charge >= 0.3 is 0 Å². The number of halogens is 1. The third-order valence-electron chi connectivity index (χ3n) is 5.61. The average Bonchev–Trinajstić information content (AvgIpc) is 3.17. The van der Waals surface area contributed by atoms with Crippen LogP contribution in [-0.4, -0.2) is 44.2 Å². The number of benzene rings is 2. The molecule has 3 rings (SSSR count). The van der Waals surface area contributed by atoms with Crippen molar-refractivity contribution < 1.29 is 13.6 Å². The number of nitrogens with one attached hydrogen (secondary N) is 1. The largest absolute Gasteiger partial charge is 0.733 e. The normalized spacial score (nSPS) is 19.4. The lowest BCUT2D eigenvalue weighted by molar-refractivity contribution is 0.219. The first-order chi connectivity index (χ1) is 14.3. The molecule has 7 nitrogen and oxygen atoms in total. The van der Waals surface area contributed by atoms with Gasteiger partial charge in [0.15, 0.2) is 0 Å². The topological polar surface area (TPSA) is 95.9 Å². The van der Waals surface area contributed by atoms with Crippen LogP contribution in [0.15, 0.2) is 53.4 Å². The number of hydrogen-bond donors (Lipinski definition) is 2. The molecule has 0 amide bonds. The summed E-state index contributed by atoms with van der Waals surface area (Å²) < 4.78 is 28.4.